The summed E-state index contributed by atoms with van der Waals surface area (Å²) in [5.74, 6) is -0.870. The van der Waals surface area contributed by atoms with Gasteiger partial charge in [0, 0.05) is 14.1 Å². The van der Waals surface area contributed by atoms with Crippen LogP contribution in [0.25, 0.3) is 11.0 Å². The summed E-state index contributed by atoms with van der Waals surface area (Å²) >= 11 is 0. The molecule has 0 bridgehead atoms. The number of benzene rings is 2. The van der Waals surface area contributed by atoms with Gasteiger partial charge in [-0.05, 0) is 30.3 Å². The highest BCUT2D eigenvalue weighted by molar-refractivity contribution is 7.92. The van der Waals surface area contributed by atoms with Crippen LogP contribution in [0.5, 0.6) is 0 Å². The fraction of sp³-hybridized carbons (Fsp3) is 0.167. The number of H-pyrrole nitrogens is 2. The summed E-state index contributed by atoms with van der Waals surface area (Å²) in [6, 6.07) is 10.2. The molecular formula is C18H19N5O5S. The van der Waals surface area contributed by atoms with Gasteiger partial charge in [-0.2, -0.15) is 0 Å². The first-order valence-corrected chi connectivity index (χ1v) is 9.99. The van der Waals surface area contributed by atoms with Crippen LogP contribution in [0.4, 0.5) is 5.69 Å². The van der Waals surface area contributed by atoms with Gasteiger partial charge in [0.25, 0.3) is 15.9 Å². The summed E-state index contributed by atoms with van der Waals surface area (Å²) < 4.78 is 28.0. The first kappa shape index (κ1) is 20.1. The van der Waals surface area contributed by atoms with Crippen LogP contribution in [0, 0.1) is 0 Å². The number of imidazole rings is 1. The number of rotatable bonds is 6. The Labute approximate surface area is 166 Å². The van der Waals surface area contributed by atoms with Gasteiger partial charge in [0.1, 0.15) is 0 Å². The number of hydrogen-bond acceptors (Lipinski definition) is 5. The number of amides is 2. The predicted octanol–water partition coefficient (Wildman–Crippen LogP) is 0.475. The smallest absolute Gasteiger partial charge is 0.323 e. The fourth-order valence-electron chi connectivity index (χ4n) is 2.71. The van der Waals surface area contributed by atoms with Crippen molar-refractivity contribution in [3.63, 3.8) is 0 Å². The number of fused-ring (bicyclic) bond motifs is 1. The number of nitrogens with zero attached hydrogens (tertiary/aromatic N) is 1. The van der Waals surface area contributed by atoms with Crippen molar-refractivity contribution in [3.8, 4) is 0 Å². The fourth-order valence-corrected chi connectivity index (χ4v) is 3.82. The molecule has 1 heterocycles. The van der Waals surface area contributed by atoms with E-state index in [2.05, 4.69) is 20.0 Å². The molecule has 0 unspecified atom stereocenters. The molecule has 0 radical (unpaired) electrons. The van der Waals surface area contributed by atoms with Crippen molar-refractivity contribution in [2.24, 2.45) is 0 Å². The van der Waals surface area contributed by atoms with Crippen LogP contribution in [-0.2, 0) is 14.8 Å². The van der Waals surface area contributed by atoms with Gasteiger partial charge in [-0.15, -0.1) is 0 Å². The molecule has 2 amide bonds. The molecule has 1 aromatic heterocycles. The first-order valence-electron chi connectivity index (χ1n) is 8.51. The maximum atomic E-state index is 12.8. The van der Waals surface area contributed by atoms with Crippen LogP contribution in [0.3, 0.4) is 0 Å². The normalized spacial score (nSPS) is 11.2. The van der Waals surface area contributed by atoms with Crippen molar-refractivity contribution < 1.29 is 18.0 Å². The molecule has 0 aliphatic rings. The Morgan fingerprint density at radius 1 is 1.07 bits per heavy atom. The Bertz CT molecular complexity index is 1240. The number of para-hydroxylation sites is 1. The summed E-state index contributed by atoms with van der Waals surface area (Å²) in [6.07, 6.45) is 0. The van der Waals surface area contributed by atoms with Gasteiger partial charge in [0.15, 0.2) is 0 Å². The number of sulfonamides is 1. The van der Waals surface area contributed by atoms with Crippen LogP contribution in [0.1, 0.15) is 10.4 Å². The molecule has 152 valence electrons. The summed E-state index contributed by atoms with van der Waals surface area (Å²) in [7, 11) is -1.14. The number of aromatic amines is 2. The molecule has 3 aromatic rings. The van der Waals surface area contributed by atoms with E-state index in [1.807, 2.05) is 0 Å². The van der Waals surface area contributed by atoms with E-state index in [0.717, 1.165) is 0 Å². The van der Waals surface area contributed by atoms with E-state index in [4.69, 9.17) is 0 Å². The summed E-state index contributed by atoms with van der Waals surface area (Å²) in [4.78, 5) is 41.7. The molecule has 2 aromatic carbocycles. The zero-order chi connectivity index (χ0) is 21.2. The molecule has 0 saturated carbocycles. The largest absolute Gasteiger partial charge is 0.358 e. The second-order valence-electron chi connectivity index (χ2n) is 6.27. The average molecular weight is 417 g/mol. The number of carbonyl (C=O) groups is 2. The van der Waals surface area contributed by atoms with Crippen molar-refractivity contribution in [3.05, 3.63) is 58.5 Å². The molecular weight excluding hydrogens is 398 g/mol. The quantitative estimate of drug-likeness (QED) is 0.461. The van der Waals surface area contributed by atoms with Crippen LogP contribution in [0.2, 0.25) is 0 Å². The van der Waals surface area contributed by atoms with E-state index in [-0.39, 0.29) is 28.6 Å². The van der Waals surface area contributed by atoms with Crippen LogP contribution in [0.15, 0.2) is 52.2 Å². The molecule has 0 saturated heterocycles. The first-order chi connectivity index (χ1) is 13.7. The zero-order valence-electron chi connectivity index (χ0n) is 15.6. The Morgan fingerprint density at radius 3 is 2.48 bits per heavy atom. The third kappa shape index (κ3) is 4.29. The molecule has 3 rings (SSSR count). The van der Waals surface area contributed by atoms with E-state index in [1.165, 1.54) is 49.3 Å². The van der Waals surface area contributed by atoms with Gasteiger partial charge < -0.3 is 20.2 Å². The highest BCUT2D eigenvalue weighted by Gasteiger charge is 2.22. The number of carbonyl (C=O) groups excluding carboxylic acids is 2. The number of likely N-dealkylation sites (N-methyl/N-ethyl adjacent to an activating group) is 2. The van der Waals surface area contributed by atoms with Crippen LogP contribution >= 0.6 is 0 Å². The lowest BCUT2D eigenvalue weighted by molar-refractivity contribution is -0.121. The van der Waals surface area contributed by atoms with Gasteiger partial charge >= 0.3 is 5.69 Å². The van der Waals surface area contributed by atoms with Gasteiger partial charge in [0.05, 0.1) is 33.7 Å². The lowest BCUT2D eigenvalue weighted by Crippen LogP contribution is -2.37. The number of anilines is 1. The van der Waals surface area contributed by atoms with Crippen molar-refractivity contribution in [2.75, 3.05) is 25.4 Å². The van der Waals surface area contributed by atoms with Gasteiger partial charge in [-0.3, -0.25) is 14.3 Å². The molecule has 0 fully saturated rings. The van der Waals surface area contributed by atoms with Crippen molar-refractivity contribution >= 4 is 38.6 Å². The highest BCUT2D eigenvalue weighted by Crippen LogP contribution is 2.22. The van der Waals surface area contributed by atoms with E-state index in [9.17, 15) is 22.8 Å². The van der Waals surface area contributed by atoms with E-state index in [1.54, 1.807) is 12.1 Å². The van der Waals surface area contributed by atoms with Crippen molar-refractivity contribution in [1.29, 1.82) is 0 Å². The second-order valence-corrected chi connectivity index (χ2v) is 7.95. The molecule has 0 aliphatic carbocycles. The second kappa shape index (κ2) is 7.80. The Morgan fingerprint density at radius 2 is 1.76 bits per heavy atom. The number of nitrogens with one attached hydrogen (secondary N) is 4. The van der Waals surface area contributed by atoms with E-state index < -0.39 is 21.6 Å². The van der Waals surface area contributed by atoms with E-state index in [0.29, 0.717) is 11.0 Å². The minimum atomic E-state index is -4.04. The molecule has 0 aliphatic heterocycles. The summed E-state index contributed by atoms with van der Waals surface area (Å²) in [6.45, 7) is -0.173. The summed E-state index contributed by atoms with van der Waals surface area (Å²) in [5.41, 5.74) is 0.535. The van der Waals surface area contributed by atoms with Gasteiger partial charge in [-0.1, -0.05) is 12.1 Å². The topological polar surface area (TPSA) is 144 Å². The predicted molar refractivity (Wildman–Crippen MR) is 107 cm³/mol. The standard InChI is InChI=1S/C18H19N5O5S/c1-19-16(24)10-23(2)17(25)12-5-3-4-6-13(12)22-29(27,28)11-7-8-14-15(9-11)21-18(26)20-14/h3-9,22H,10H2,1-2H3,(H,19,24)(H2,20,21,26). The molecule has 4 N–H and O–H groups in total. The number of hydrogen-bond donors (Lipinski definition) is 4. The Hall–Kier alpha value is -3.60. The average Bonchev–Trinajstić information content (AvgIpc) is 3.06. The van der Waals surface area contributed by atoms with Crippen molar-refractivity contribution in [2.45, 2.75) is 4.90 Å². The Balaban J connectivity index is 1.91. The minimum absolute atomic E-state index is 0.0731. The zero-order valence-corrected chi connectivity index (χ0v) is 16.5. The third-order valence-electron chi connectivity index (χ3n) is 4.21. The maximum Gasteiger partial charge on any atom is 0.323 e. The molecule has 10 nitrogen and oxygen atoms in total. The Kier molecular flexibility index (Phi) is 5.41. The van der Waals surface area contributed by atoms with Crippen molar-refractivity contribution in [1.82, 2.24) is 20.2 Å². The van der Waals surface area contributed by atoms with Gasteiger partial charge in [-0.25, -0.2) is 13.2 Å². The van der Waals surface area contributed by atoms with Gasteiger partial charge in [0.2, 0.25) is 5.91 Å². The lowest BCUT2D eigenvalue weighted by atomic mass is 10.1. The monoisotopic (exact) mass is 417 g/mol. The lowest BCUT2D eigenvalue weighted by Gasteiger charge is -2.18. The van der Waals surface area contributed by atoms with E-state index >= 15 is 0 Å². The molecule has 29 heavy (non-hydrogen) atoms. The van der Waals surface area contributed by atoms with Crippen LogP contribution < -0.4 is 15.7 Å². The summed E-state index contributed by atoms with van der Waals surface area (Å²) in [5, 5.41) is 2.42. The molecule has 11 heteroatoms. The minimum Gasteiger partial charge on any atom is -0.358 e. The third-order valence-corrected chi connectivity index (χ3v) is 5.57. The van der Waals surface area contributed by atoms with Crippen LogP contribution in [-0.4, -0.2) is 55.7 Å². The maximum absolute atomic E-state index is 12.8. The highest BCUT2D eigenvalue weighted by atomic mass is 32.2. The SMILES string of the molecule is CNC(=O)CN(C)C(=O)c1ccccc1NS(=O)(=O)c1ccc2[nH]c(=O)[nH]c2c1. The molecule has 0 atom stereocenters. The number of aromatic nitrogens is 2. The molecule has 0 spiro atoms.